The molecule has 1 saturated heterocycles. The van der Waals surface area contributed by atoms with Crippen LogP contribution in [0.3, 0.4) is 0 Å². The number of halogens is 2. The molecule has 4 heteroatoms. The number of nitrogens with one attached hydrogen (secondary N) is 1. The van der Waals surface area contributed by atoms with E-state index in [4.69, 9.17) is 0 Å². The summed E-state index contributed by atoms with van der Waals surface area (Å²) in [5.74, 6) is -0.0294. The van der Waals surface area contributed by atoms with Crippen LogP contribution in [-0.2, 0) is 0 Å². The number of hydrogen-bond donors (Lipinski definition) is 1. The van der Waals surface area contributed by atoms with Crippen LogP contribution in [0.25, 0.3) is 0 Å². The average molecular weight is 357 g/mol. The van der Waals surface area contributed by atoms with Crippen LogP contribution in [0.2, 0.25) is 0 Å². The van der Waals surface area contributed by atoms with Gasteiger partial charge in [0.15, 0.2) is 0 Å². The molecule has 1 N–H and O–H groups in total. The lowest BCUT2D eigenvalue weighted by molar-refractivity contribution is 0.159. The van der Waals surface area contributed by atoms with Gasteiger partial charge in [0, 0.05) is 42.3 Å². The second-order valence-corrected chi connectivity index (χ2v) is 6.84. The first kappa shape index (κ1) is 16.9. The largest absolute Gasteiger partial charge is 0.314 e. The highest BCUT2D eigenvalue weighted by Gasteiger charge is 2.25. The molecule has 0 saturated carbocycles. The van der Waals surface area contributed by atoms with Gasteiger partial charge in [-0.1, -0.05) is 42.1 Å². The van der Waals surface area contributed by atoms with E-state index in [1.165, 1.54) is 12.8 Å². The topological polar surface area (TPSA) is 15.3 Å². The van der Waals surface area contributed by atoms with Crippen LogP contribution in [-0.4, -0.2) is 31.1 Å². The second-order valence-electron chi connectivity index (χ2n) is 5.92. The summed E-state index contributed by atoms with van der Waals surface area (Å²) in [7, 11) is 0. The zero-order valence-electron chi connectivity index (χ0n) is 13.1. The Labute approximate surface area is 136 Å². The minimum absolute atomic E-state index is 0.0294. The third-order valence-corrected chi connectivity index (χ3v) is 4.74. The summed E-state index contributed by atoms with van der Waals surface area (Å²) in [6.07, 6.45) is 4.63. The Morgan fingerprint density at radius 2 is 2.00 bits per heavy atom. The molecule has 0 bridgehead atoms. The predicted octanol–water partition coefficient (Wildman–Crippen LogP) is 4.42. The molecular weight excluding hydrogens is 331 g/mol. The van der Waals surface area contributed by atoms with E-state index in [2.05, 4.69) is 33.1 Å². The van der Waals surface area contributed by atoms with Gasteiger partial charge in [0.25, 0.3) is 0 Å². The van der Waals surface area contributed by atoms with Gasteiger partial charge < -0.3 is 5.32 Å². The Balaban J connectivity index is 2.24. The molecule has 1 atom stereocenters. The maximum absolute atomic E-state index is 14.6. The normalized spacial score (nSPS) is 17.9. The lowest BCUT2D eigenvalue weighted by atomic mass is 9.96. The van der Waals surface area contributed by atoms with Crippen LogP contribution in [0.15, 0.2) is 16.6 Å². The number of rotatable bonds is 6. The van der Waals surface area contributed by atoms with Gasteiger partial charge in [-0.25, -0.2) is 4.39 Å². The van der Waals surface area contributed by atoms with Crippen molar-refractivity contribution < 1.29 is 4.39 Å². The Morgan fingerprint density at radius 3 is 2.67 bits per heavy atom. The molecule has 1 aliphatic rings. The minimum Gasteiger partial charge on any atom is -0.314 e. The summed E-state index contributed by atoms with van der Waals surface area (Å²) in [4.78, 5) is 2.44. The Morgan fingerprint density at radius 1 is 1.29 bits per heavy atom. The highest BCUT2D eigenvalue weighted by Crippen LogP contribution is 2.32. The quantitative estimate of drug-likeness (QED) is 0.758. The van der Waals surface area contributed by atoms with E-state index < -0.39 is 0 Å². The number of hydrogen-bond acceptors (Lipinski definition) is 2. The van der Waals surface area contributed by atoms with Crippen LogP contribution in [0.1, 0.15) is 49.8 Å². The Hall–Kier alpha value is -0.450. The molecule has 0 spiro atoms. The van der Waals surface area contributed by atoms with Gasteiger partial charge in [0.2, 0.25) is 0 Å². The van der Waals surface area contributed by atoms with E-state index in [0.29, 0.717) is 0 Å². The molecule has 0 unspecified atom stereocenters. The first-order chi connectivity index (χ1) is 10.1. The van der Waals surface area contributed by atoms with Crippen LogP contribution in [0.4, 0.5) is 4.39 Å². The lowest BCUT2D eigenvalue weighted by Crippen LogP contribution is -2.45. The molecule has 1 fully saturated rings. The van der Waals surface area contributed by atoms with Gasteiger partial charge in [-0.05, 0) is 31.0 Å². The molecule has 0 amide bonds. The molecule has 1 aromatic rings. The zero-order chi connectivity index (χ0) is 15.2. The molecular formula is C17H26BrFN2. The predicted molar refractivity (Wildman–Crippen MR) is 90.2 cm³/mol. The van der Waals surface area contributed by atoms with Crippen molar-refractivity contribution in [1.29, 1.82) is 0 Å². The van der Waals surface area contributed by atoms with Crippen molar-refractivity contribution in [3.8, 4) is 0 Å². The number of piperazine rings is 1. The van der Waals surface area contributed by atoms with Crippen molar-refractivity contribution in [2.24, 2.45) is 0 Å². The molecule has 0 aliphatic carbocycles. The molecule has 0 aromatic heterocycles. The van der Waals surface area contributed by atoms with Crippen molar-refractivity contribution >= 4 is 15.9 Å². The van der Waals surface area contributed by atoms with Crippen molar-refractivity contribution in [3.05, 3.63) is 33.5 Å². The minimum atomic E-state index is -0.0294. The summed E-state index contributed by atoms with van der Waals surface area (Å²) in [6, 6.07) is 4.04. The zero-order valence-corrected chi connectivity index (χ0v) is 14.7. The van der Waals surface area contributed by atoms with Gasteiger partial charge in [-0.2, -0.15) is 0 Å². The standard InChI is InChI=1S/C17H26BrFN2/c1-3-4-5-6-16(21-9-7-20-8-10-21)15-12-14(18)11-13(2)17(15)19/h11-12,16,20H,3-10H2,1-2H3/t16-/m1/s1. The smallest absolute Gasteiger partial charge is 0.130 e. The fourth-order valence-electron chi connectivity index (χ4n) is 3.11. The fraction of sp³-hybridized carbons (Fsp3) is 0.647. The summed E-state index contributed by atoms with van der Waals surface area (Å²) in [6.45, 7) is 8.06. The van der Waals surface area contributed by atoms with E-state index in [0.717, 1.165) is 54.6 Å². The highest BCUT2D eigenvalue weighted by molar-refractivity contribution is 9.10. The van der Waals surface area contributed by atoms with E-state index in [1.807, 2.05) is 19.1 Å². The van der Waals surface area contributed by atoms with Gasteiger partial charge >= 0.3 is 0 Å². The van der Waals surface area contributed by atoms with Crippen LogP contribution in [0, 0.1) is 12.7 Å². The third kappa shape index (κ3) is 4.51. The number of aryl methyl sites for hydroxylation is 1. The summed E-state index contributed by atoms with van der Waals surface area (Å²) in [5, 5.41) is 3.38. The lowest BCUT2D eigenvalue weighted by Gasteiger charge is -2.35. The summed E-state index contributed by atoms with van der Waals surface area (Å²) < 4.78 is 15.6. The van der Waals surface area contributed by atoms with Gasteiger partial charge in [0.1, 0.15) is 5.82 Å². The first-order valence-electron chi connectivity index (χ1n) is 8.03. The molecule has 21 heavy (non-hydrogen) atoms. The summed E-state index contributed by atoms with van der Waals surface area (Å²) >= 11 is 3.52. The van der Waals surface area contributed by atoms with E-state index in [-0.39, 0.29) is 11.9 Å². The maximum Gasteiger partial charge on any atom is 0.130 e. The van der Waals surface area contributed by atoms with Crippen LogP contribution < -0.4 is 5.32 Å². The summed E-state index contributed by atoms with van der Waals surface area (Å²) in [5.41, 5.74) is 1.59. The van der Waals surface area contributed by atoms with Crippen molar-refractivity contribution in [1.82, 2.24) is 10.2 Å². The molecule has 1 aromatic carbocycles. The third-order valence-electron chi connectivity index (χ3n) is 4.28. The van der Waals surface area contributed by atoms with E-state index in [9.17, 15) is 4.39 Å². The Kier molecular flexibility index (Phi) is 6.65. The van der Waals surface area contributed by atoms with Gasteiger partial charge in [0.05, 0.1) is 0 Å². The fourth-order valence-corrected chi connectivity index (χ4v) is 3.70. The molecule has 0 radical (unpaired) electrons. The number of nitrogens with zero attached hydrogens (tertiary/aromatic N) is 1. The molecule has 2 nitrogen and oxygen atoms in total. The van der Waals surface area contributed by atoms with Crippen molar-refractivity contribution in [3.63, 3.8) is 0 Å². The second kappa shape index (κ2) is 8.25. The van der Waals surface area contributed by atoms with Crippen molar-refractivity contribution in [2.75, 3.05) is 26.2 Å². The maximum atomic E-state index is 14.6. The van der Waals surface area contributed by atoms with Crippen LogP contribution >= 0.6 is 15.9 Å². The molecule has 2 rings (SSSR count). The van der Waals surface area contributed by atoms with Crippen molar-refractivity contribution in [2.45, 2.75) is 45.6 Å². The number of unbranched alkanes of at least 4 members (excludes halogenated alkanes) is 2. The average Bonchev–Trinajstić information content (AvgIpc) is 2.49. The van der Waals surface area contributed by atoms with Crippen LogP contribution in [0.5, 0.6) is 0 Å². The first-order valence-corrected chi connectivity index (χ1v) is 8.83. The molecule has 1 heterocycles. The van der Waals surface area contributed by atoms with E-state index >= 15 is 0 Å². The monoisotopic (exact) mass is 356 g/mol. The molecule has 1 aliphatic heterocycles. The SMILES string of the molecule is CCCCC[C@H](c1cc(Br)cc(C)c1F)N1CCNCC1. The van der Waals surface area contributed by atoms with Gasteiger partial charge in [-0.3, -0.25) is 4.90 Å². The Bertz CT molecular complexity index is 458. The molecule has 118 valence electrons. The highest BCUT2D eigenvalue weighted by atomic mass is 79.9. The van der Waals surface area contributed by atoms with E-state index in [1.54, 1.807) is 0 Å². The van der Waals surface area contributed by atoms with Gasteiger partial charge in [-0.15, -0.1) is 0 Å². The number of benzene rings is 1.